The molecule has 1 rings (SSSR count). The summed E-state index contributed by atoms with van der Waals surface area (Å²) in [5.41, 5.74) is 6.99. The highest BCUT2D eigenvalue weighted by molar-refractivity contribution is 6.39. The number of anilines is 2. The highest BCUT2D eigenvalue weighted by Gasteiger charge is 2.16. The summed E-state index contributed by atoms with van der Waals surface area (Å²) >= 11 is 12.4. The Hall–Kier alpha value is -1.11. The summed E-state index contributed by atoms with van der Waals surface area (Å²) in [7, 11) is 0. The van der Waals surface area contributed by atoms with Crippen LogP contribution in [-0.2, 0) is 0 Å². The van der Waals surface area contributed by atoms with Gasteiger partial charge >= 0.3 is 0 Å². The first-order valence-corrected chi connectivity index (χ1v) is 6.57. The maximum atomic E-state index is 8.72. The Kier molecular flexibility index (Phi) is 5.58. The topological polar surface area (TPSA) is 53.0 Å². The van der Waals surface area contributed by atoms with Crippen molar-refractivity contribution in [3.8, 4) is 6.07 Å². The van der Waals surface area contributed by atoms with Crippen LogP contribution in [0.4, 0.5) is 11.4 Å². The highest BCUT2D eigenvalue weighted by Crippen LogP contribution is 2.36. The van der Waals surface area contributed by atoms with Gasteiger partial charge in [-0.2, -0.15) is 5.26 Å². The Balaban J connectivity index is 3.08. The number of nitrogens with zero attached hydrogens (tertiary/aromatic N) is 2. The zero-order valence-corrected chi connectivity index (χ0v) is 12.1. The fraction of sp³-hybridized carbons (Fsp3) is 0.462. The lowest BCUT2D eigenvalue weighted by Crippen LogP contribution is -2.29. The fourth-order valence-corrected chi connectivity index (χ4v) is 2.55. The van der Waals surface area contributed by atoms with E-state index in [1.807, 2.05) is 4.90 Å². The van der Waals surface area contributed by atoms with Crippen molar-refractivity contribution >= 4 is 34.6 Å². The van der Waals surface area contributed by atoms with Crippen LogP contribution in [0.1, 0.15) is 20.3 Å². The average molecular weight is 286 g/mol. The lowest BCUT2D eigenvalue weighted by molar-refractivity contribution is 0.612. The molecule has 0 aliphatic rings. The van der Waals surface area contributed by atoms with Crippen LogP contribution in [0.3, 0.4) is 0 Å². The van der Waals surface area contributed by atoms with Gasteiger partial charge in [0, 0.05) is 18.8 Å². The van der Waals surface area contributed by atoms with Gasteiger partial charge in [0.25, 0.3) is 0 Å². The number of hydrogen-bond acceptors (Lipinski definition) is 3. The summed E-state index contributed by atoms with van der Waals surface area (Å²) in [6, 6.07) is 5.50. The Morgan fingerprint density at radius 3 is 2.33 bits per heavy atom. The van der Waals surface area contributed by atoms with Gasteiger partial charge in [-0.15, -0.1) is 0 Å². The molecule has 0 spiro atoms. The van der Waals surface area contributed by atoms with Crippen LogP contribution in [0.25, 0.3) is 0 Å². The number of nitrogens with two attached hydrogens (primary N) is 1. The van der Waals surface area contributed by atoms with Gasteiger partial charge in [0.05, 0.1) is 28.2 Å². The lowest BCUT2D eigenvalue weighted by Gasteiger charge is -2.27. The van der Waals surface area contributed by atoms with Gasteiger partial charge in [0.2, 0.25) is 0 Å². The van der Waals surface area contributed by atoms with Gasteiger partial charge in [-0.25, -0.2) is 0 Å². The minimum absolute atomic E-state index is 0.434. The predicted molar refractivity (Wildman–Crippen MR) is 78.2 cm³/mol. The molecule has 0 saturated carbocycles. The monoisotopic (exact) mass is 285 g/mol. The van der Waals surface area contributed by atoms with Gasteiger partial charge in [-0.3, -0.25) is 0 Å². The van der Waals surface area contributed by atoms with Crippen molar-refractivity contribution in [3.05, 3.63) is 22.2 Å². The van der Waals surface area contributed by atoms with Crippen LogP contribution >= 0.6 is 23.2 Å². The zero-order valence-electron chi connectivity index (χ0n) is 10.6. The number of hydrogen-bond donors (Lipinski definition) is 1. The number of halogens is 2. The number of nitriles is 1. The van der Waals surface area contributed by atoms with Gasteiger partial charge in [-0.05, 0) is 18.1 Å². The smallest absolute Gasteiger partial charge is 0.0746 e. The summed E-state index contributed by atoms with van der Waals surface area (Å²) in [4.78, 5) is 2.04. The number of nitrogen functional groups attached to an aromatic ring is 1. The molecule has 98 valence electrons. The first kappa shape index (κ1) is 14.9. The highest BCUT2D eigenvalue weighted by atomic mass is 35.5. The van der Waals surface area contributed by atoms with E-state index in [0.717, 1.165) is 12.2 Å². The molecule has 2 N–H and O–H groups in total. The summed E-state index contributed by atoms with van der Waals surface area (Å²) in [6.07, 6.45) is 0.434. The molecule has 0 bridgehead atoms. The van der Waals surface area contributed by atoms with E-state index in [1.165, 1.54) is 0 Å². The van der Waals surface area contributed by atoms with Crippen LogP contribution in [0.2, 0.25) is 10.0 Å². The average Bonchev–Trinajstić information content (AvgIpc) is 2.23. The van der Waals surface area contributed by atoms with Gasteiger partial charge in [0.15, 0.2) is 0 Å². The maximum Gasteiger partial charge on any atom is 0.0746 e. The Morgan fingerprint density at radius 1 is 1.33 bits per heavy atom. The van der Waals surface area contributed by atoms with Crippen LogP contribution in [0.15, 0.2) is 12.1 Å². The minimum atomic E-state index is 0.434. The van der Waals surface area contributed by atoms with E-state index in [-0.39, 0.29) is 0 Å². The molecule has 0 heterocycles. The summed E-state index contributed by atoms with van der Waals surface area (Å²) < 4.78 is 0. The van der Waals surface area contributed by atoms with Gasteiger partial charge < -0.3 is 10.6 Å². The lowest BCUT2D eigenvalue weighted by atomic mass is 10.1. The Labute approximate surface area is 118 Å². The van der Waals surface area contributed by atoms with Crippen molar-refractivity contribution in [2.75, 3.05) is 23.7 Å². The third-order valence-corrected chi connectivity index (χ3v) is 3.01. The number of rotatable bonds is 5. The molecule has 1 aromatic rings. The van der Waals surface area contributed by atoms with Crippen molar-refractivity contribution in [2.45, 2.75) is 20.3 Å². The summed E-state index contributed by atoms with van der Waals surface area (Å²) in [5, 5.41) is 9.77. The molecule has 0 aromatic heterocycles. The first-order valence-electron chi connectivity index (χ1n) is 5.82. The molecule has 3 nitrogen and oxygen atoms in total. The van der Waals surface area contributed by atoms with Crippen molar-refractivity contribution in [1.82, 2.24) is 0 Å². The van der Waals surface area contributed by atoms with E-state index in [1.54, 1.807) is 12.1 Å². The molecule has 0 radical (unpaired) electrons. The van der Waals surface area contributed by atoms with E-state index < -0.39 is 0 Å². The molecule has 0 aliphatic carbocycles. The van der Waals surface area contributed by atoms with Crippen molar-refractivity contribution in [1.29, 1.82) is 5.26 Å². The third-order valence-electron chi connectivity index (χ3n) is 2.43. The van der Waals surface area contributed by atoms with Crippen molar-refractivity contribution in [2.24, 2.45) is 5.92 Å². The molecule has 0 aliphatic heterocycles. The Bertz CT molecular complexity index is 429. The van der Waals surface area contributed by atoms with Gasteiger partial charge in [-0.1, -0.05) is 37.0 Å². The maximum absolute atomic E-state index is 8.72. The van der Waals surface area contributed by atoms with E-state index in [4.69, 9.17) is 34.2 Å². The van der Waals surface area contributed by atoms with E-state index in [0.29, 0.717) is 34.6 Å². The normalized spacial score (nSPS) is 10.4. The molecule has 18 heavy (non-hydrogen) atoms. The molecule has 0 fully saturated rings. The third kappa shape index (κ3) is 3.97. The van der Waals surface area contributed by atoms with Crippen LogP contribution in [-0.4, -0.2) is 13.1 Å². The van der Waals surface area contributed by atoms with Crippen molar-refractivity contribution in [3.63, 3.8) is 0 Å². The Morgan fingerprint density at radius 2 is 1.89 bits per heavy atom. The van der Waals surface area contributed by atoms with Crippen molar-refractivity contribution < 1.29 is 0 Å². The second kappa shape index (κ2) is 6.72. The number of benzene rings is 1. The molecule has 5 heteroatoms. The first-order chi connectivity index (χ1) is 8.45. The van der Waals surface area contributed by atoms with Crippen LogP contribution in [0, 0.1) is 17.2 Å². The molecule has 0 atom stereocenters. The summed E-state index contributed by atoms with van der Waals surface area (Å²) in [5.74, 6) is 0.452. The fourth-order valence-electron chi connectivity index (χ4n) is 1.81. The SMILES string of the molecule is CC(C)CN(CCC#N)c1c(Cl)cc(N)cc1Cl. The van der Waals surface area contributed by atoms with E-state index >= 15 is 0 Å². The molecule has 0 saturated heterocycles. The van der Waals surface area contributed by atoms with Gasteiger partial charge in [0.1, 0.15) is 0 Å². The van der Waals surface area contributed by atoms with E-state index in [2.05, 4.69) is 19.9 Å². The second-order valence-corrected chi connectivity index (χ2v) is 5.40. The second-order valence-electron chi connectivity index (χ2n) is 4.58. The molecular formula is C13H17Cl2N3. The van der Waals surface area contributed by atoms with E-state index in [9.17, 15) is 0 Å². The minimum Gasteiger partial charge on any atom is -0.399 e. The molecule has 0 unspecified atom stereocenters. The molecule has 1 aromatic carbocycles. The standard InChI is InChI=1S/C13H17Cl2N3/c1-9(2)8-18(5-3-4-16)13-11(14)6-10(17)7-12(13)15/h6-7,9H,3,5,8,17H2,1-2H3. The van der Waals surface area contributed by atoms with Crippen LogP contribution in [0.5, 0.6) is 0 Å². The molecule has 0 amide bonds. The van der Waals surface area contributed by atoms with Crippen LogP contribution < -0.4 is 10.6 Å². The quantitative estimate of drug-likeness (QED) is 0.834. The zero-order chi connectivity index (χ0) is 13.7. The summed E-state index contributed by atoms with van der Waals surface area (Å²) in [6.45, 7) is 5.63. The largest absolute Gasteiger partial charge is 0.399 e. The predicted octanol–water partition coefficient (Wildman–Crippen LogP) is 3.95. The molecular weight excluding hydrogens is 269 g/mol.